The van der Waals surface area contributed by atoms with Crippen LogP contribution in [0.3, 0.4) is 0 Å². The molecule has 4 rings (SSSR count). The Labute approximate surface area is 201 Å². The topological polar surface area (TPSA) is 106 Å². The lowest BCUT2D eigenvalue weighted by Crippen LogP contribution is -2.32. The predicted molar refractivity (Wildman–Crippen MR) is 134 cm³/mol. The Morgan fingerprint density at radius 2 is 2.00 bits per heavy atom. The zero-order valence-corrected chi connectivity index (χ0v) is 20.4. The van der Waals surface area contributed by atoms with Gasteiger partial charge in [-0.3, -0.25) is 4.79 Å². The average Bonchev–Trinajstić information content (AvgIpc) is 3.27. The fourth-order valence-corrected chi connectivity index (χ4v) is 4.50. The summed E-state index contributed by atoms with van der Waals surface area (Å²) in [7, 11) is 3.00. The number of rotatable bonds is 9. The minimum atomic E-state index is -0.573. The molecule has 1 unspecified atom stereocenters. The van der Waals surface area contributed by atoms with Gasteiger partial charge in [-0.05, 0) is 55.2 Å². The van der Waals surface area contributed by atoms with Crippen molar-refractivity contribution in [3.05, 3.63) is 63.8 Å². The van der Waals surface area contributed by atoms with E-state index in [1.807, 2.05) is 30.5 Å². The van der Waals surface area contributed by atoms with Gasteiger partial charge in [0, 0.05) is 5.39 Å². The molecule has 0 saturated heterocycles. The highest BCUT2D eigenvalue weighted by Crippen LogP contribution is 2.36. The lowest BCUT2D eigenvalue weighted by molar-refractivity contribution is -0.121. The Bertz CT molecular complexity index is 1360. The van der Waals surface area contributed by atoms with Crippen LogP contribution in [0.5, 0.6) is 11.5 Å². The first-order valence-electron chi connectivity index (χ1n) is 10.9. The Balaban J connectivity index is 1.62. The Hall–Kier alpha value is -3.46. The molecule has 0 aliphatic carbocycles. The van der Waals surface area contributed by atoms with E-state index in [0.717, 1.165) is 16.8 Å². The molecular formula is C25H27N3O5S. The molecule has 8 nitrogen and oxygen atoms in total. The van der Waals surface area contributed by atoms with Crippen LogP contribution in [-0.2, 0) is 11.2 Å². The molecule has 2 aromatic carbocycles. The highest BCUT2D eigenvalue weighted by atomic mass is 32.2. The molecular weight excluding hydrogens is 454 g/mol. The average molecular weight is 482 g/mol. The van der Waals surface area contributed by atoms with Crippen molar-refractivity contribution in [1.29, 1.82) is 0 Å². The molecule has 9 heteroatoms. The van der Waals surface area contributed by atoms with Crippen LogP contribution < -0.4 is 20.4 Å². The zero-order valence-electron chi connectivity index (χ0n) is 19.6. The van der Waals surface area contributed by atoms with E-state index in [2.05, 4.69) is 15.3 Å². The number of hydrogen-bond acceptors (Lipinski definition) is 7. The summed E-state index contributed by atoms with van der Waals surface area (Å²) in [4.78, 5) is 33.8. The molecule has 34 heavy (non-hydrogen) atoms. The number of ether oxygens (including phenoxy) is 2. The van der Waals surface area contributed by atoms with Gasteiger partial charge in [0.25, 0.3) is 0 Å². The quantitative estimate of drug-likeness (QED) is 0.346. The van der Waals surface area contributed by atoms with Gasteiger partial charge in [-0.2, -0.15) is 11.8 Å². The summed E-state index contributed by atoms with van der Waals surface area (Å²) in [6.45, 7) is 1.80. The number of H-pyrrole nitrogens is 1. The SMILES string of the molecule is COc1ccc2c(C)c(CC(=O)NC(CCSC)c3nc4ccccc4[nH]3)c(=O)oc2c1OC. The van der Waals surface area contributed by atoms with Crippen molar-refractivity contribution in [3.8, 4) is 11.5 Å². The van der Waals surface area contributed by atoms with Crippen LogP contribution in [0.4, 0.5) is 0 Å². The van der Waals surface area contributed by atoms with Gasteiger partial charge in [0.15, 0.2) is 11.3 Å². The van der Waals surface area contributed by atoms with E-state index in [4.69, 9.17) is 13.9 Å². The molecule has 0 spiro atoms. The van der Waals surface area contributed by atoms with Crippen molar-refractivity contribution in [3.63, 3.8) is 0 Å². The molecule has 0 radical (unpaired) electrons. The number of nitrogens with zero attached hydrogens (tertiary/aromatic N) is 1. The second kappa shape index (κ2) is 10.2. The van der Waals surface area contributed by atoms with Gasteiger partial charge in [-0.15, -0.1) is 0 Å². The maximum absolute atomic E-state index is 13.1. The number of aryl methyl sites for hydroxylation is 1. The zero-order chi connectivity index (χ0) is 24.2. The van der Waals surface area contributed by atoms with E-state index in [-0.39, 0.29) is 18.4 Å². The first kappa shape index (κ1) is 23.7. The van der Waals surface area contributed by atoms with Gasteiger partial charge in [0.2, 0.25) is 11.7 Å². The third-order valence-corrected chi connectivity index (χ3v) is 6.46. The molecule has 0 fully saturated rings. The first-order chi connectivity index (χ1) is 16.5. The van der Waals surface area contributed by atoms with E-state index < -0.39 is 5.63 Å². The number of carbonyl (C=O) groups is 1. The number of hydrogen-bond donors (Lipinski definition) is 2. The predicted octanol–water partition coefficient (Wildman–Crippen LogP) is 4.15. The van der Waals surface area contributed by atoms with E-state index >= 15 is 0 Å². The van der Waals surface area contributed by atoms with Crippen LogP contribution in [0, 0.1) is 6.92 Å². The molecule has 0 bridgehead atoms. The number of aromatic nitrogens is 2. The number of fused-ring (bicyclic) bond motifs is 2. The molecule has 1 amide bonds. The summed E-state index contributed by atoms with van der Waals surface area (Å²) in [5.41, 5.74) is 2.47. The summed E-state index contributed by atoms with van der Waals surface area (Å²) in [5.74, 6) is 2.08. The molecule has 4 aromatic rings. The fraction of sp³-hybridized carbons (Fsp3) is 0.320. The van der Waals surface area contributed by atoms with Gasteiger partial charge in [0.1, 0.15) is 5.82 Å². The van der Waals surface area contributed by atoms with E-state index in [1.165, 1.54) is 14.2 Å². The van der Waals surface area contributed by atoms with Crippen molar-refractivity contribution in [2.24, 2.45) is 0 Å². The summed E-state index contributed by atoms with van der Waals surface area (Å²) < 4.78 is 16.3. The molecule has 0 aliphatic rings. The van der Waals surface area contributed by atoms with E-state index in [1.54, 1.807) is 30.8 Å². The van der Waals surface area contributed by atoms with Crippen molar-refractivity contribution in [1.82, 2.24) is 15.3 Å². The second-order valence-electron chi connectivity index (χ2n) is 7.89. The third-order valence-electron chi connectivity index (χ3n) is 5.82. The van der Waals surface area contributed by atoms with Crippen molar-refractivity contribution in [2.75, 3.05) is 26.2 Å². The van der Waals surface area contributed by atoms with Crippen molar-refractivity contribution >= 4 is 39.7 Å². The number of methoxy groups -OCH3 is 2. The summed E-state index contributed by atoms with van der Waals surface area (Å²) >= 11 is 1.70. The first-order valence-corrected chi connectivity index (χ1v) is 12.3. The lowest BCUT2D eigenvalue weighted by Gasteiger charge is -2.17. The van der Waals surface area contributed by atoms with Crippen LogP contribution in [-0.4, -0.2) is 42.1 Å². The fourth-order valence-electron chi connectivity index (χ4n) is 4.03. The van der Waals surface area contributed by atoms with Gasteiger partial charge < -0.3 is 24.2 Å². The summed E-state index contributed by atoms with van der Waals surface area (Å²) in [5, 5.41) is 3.74. The van der Waals surface area contributed by atoms with E-state index in [9.17, 15) is 9.59 Å². The highest BCUT2D eigenvalue weighted by molar-refractivity contribution is 7.98. The standard InChI is InChI=1S/C25H27N3O5S/c1-14-15-9-10-20(31-2)23(32-3)22(15)33-25(30)16(14)13-21(29)26-19(11-12-34-4)24-27-17-7-5-6-8-18(17)28-24/h5-10,19H,11-13H2,1-4H3,(H,26,29)(H,27,28). The Morgan fingerprint density at radius 3 is 2.71 bits per heavy atom. The maximum atomic E-state index is 13.1. The number of amides is 1. The third kappa shape index (κ3) is 4.61. The molecule has 2 aromatic heterocycles. The minimum absolute atomic E-state index is 0.103. The number of aromatic amines is 1. The van der Waals surface area contributed by atoms with Crippen LogP contribution in [0.15, 0.2) is 45.6 Å². The highest BCUT2D eigenvalue weighted by Gasteiger charge is 2.22. The van der Waals surface area contributed by atoms with Crippen molar-refractivity contribution < 1.29 is 18.7 Å². The molecule has 178 valence electrons. The summed E-state index contributed by atoms with van der Waals surface area (Å²) in [6, 6.07) is 11.0. The smallest absolute Gasteiger partial charge is 0.340 e. The number of thioether (sulfide) groups is 1. The van der Waals surface area contributed by atoms with Crippen LogP contribution in [0.1, 0.15) is 29.4 Å². The second-order valence-corrected chi connectivity index (χ2v) is 8.87. The number of benzene rings is 2. The molecule has 2 N–H and O–H groups in total. The maximum Gasteiger partial charge on any atom is 0.340 e. The number of carbonyl (C=O) groups excluding carboxylic acids is 1. The number of nitrogens with one attached hydrogen (secondary N) is 2. The minimum Gasteiger partial charge on any atom is -0.493 e. The molecule has 0 saturated carbocycles. The van der Waals surface area contributed by atoms with Gasteiger partial charge in [0.05, 0.1) is 43.3 Å². The molecule has 1 atom stereocenters. The normalized spacial score (nSPS) is 12.1. The van der Waals surface area contributed by atoms with Gasteiger partial charge in [-0.1, -0.05) is 12.1 Å². The van der Waals surface area contributed by atoms with Gasteiger partial charge in [-0.25, -0.2) is 9.78 Å². The molecule has 0 aliphatic heterocycles. The lowest BCUT2D eigenvalue weighted by atomic mass is 10.0. The Kier molecular flexibility index (Phi) is 7.12. The van der Waals surface area contributed by atoms with Crippen molar-refractivity contribution in [2.45, 2.75) is 25.8 Å². The van der Waals surface area contributed by atoms with Gasteiger partial charge >= 0.3 is 5.63 Å². The number of imidazole rings is 1. The largest absolute Gasteiger partial charge is 0.493 e. The Morgan fingerprint density at radius 1 is 1.21 bits per heavy atom. The van der Waals surface area contributed by atoms with E-state index in [0.29, 0.717) is 45.8 Å². The van der Waals surface area contributed by atoms with Crippen LogP contribution in [0.2, 0.25) is 0 Å². The van der Waals surface area contributed by atoms with Crippen LogP contribution >= 0.6 is 11.8 Å². The number of para-hydroxylation sites is 2. The van der Waals surface area contributed by atoms with Crippen LogP contribution in [0.25, 0.3) is 22.0 Å². The summed E-state index contributed by atoms with van der Waals surface area (Å²) in [6.07, 6.45) is 2.62. The monoisotopic (exact) mass is 481 g/mol. The molecule has 2 heterocycles.